The number of nitrogens with one attached hydrogen (secondary N) is 1. The summed E-state index contributed by atoms with van der Waals surface area (Å²) in [5, 5.41) is 11.9. The average molecular weight is 350 g/mol. The topological polar surface area (TPSA) is 105 Å². The Morgan fingerprint density at radius 2 is 2.08 bits per heavy atom. The van der Waals surface area contributed by atoms with Crippen LogP contribution in [0.2, 0.25) is 0 Å². The van der Waals surface area contributed by atoms with E-state index in [1.165, 1.54) is 19.1 Å². The Morgan fingerprint density at radius 3 is 2.60 bits per heavy atom. The maximum absolute atomic E-state index is 12.5. The van der Waals surface area contributed by atoms with Crippen LogP contribution < -0.4 is 14.8 Å². The van der Waals surface area contributed by atoms with Gasteiger partial charge in [0.1, 0.15) is 11.5 Å². The van der Waals surface area contributed by atoms with Gasteiger partial charge in [-0.1, -0.05) is 0 Å². The molecule has 1 heterocycles. The number of carbonyl (C=O) groups is 3. The van der Waals surface area contributed by atoms with Crippen LogP contribution >= 0.6 is 0 Å². The number of carboxylic acid groups (broad SMARTS) is 1. The Labute approximate surface area is 145 Å². The van der Waals surface area contributed by atoms with Crippen molar-refractivity contribution in [1.82, 2.24) is 10.2 Å². The van der Waals surface area contributed by atoms with Gasteiger partial charge in [-0.3, -0.25) is 14.4 Å². The number of nitrogens with zero attached hydrogens (tertiary/aromatic N) is 1. The van der Waals surface area contributed by atoms with Crippen molar-refractivity contribution < 1.29 is 29.0 Å². The number of hydrogen-bond acceptors (Lipinski definition) is 5. The SMILES string of the molecule is COc1ccc(C(CC(=O)O)NC(=O)C2CC(=O)N(C)C2)c(OC)c1. The molecule has 0 bridgehead atoms. The number of aliphatic carboxylic acids is 1. The predicted octanol–water partition coefficient (Wildman–Crippen LogP) is 0.814. The molecule has 1 saturated heterocycles. The molecule has 0 aromatic heterocycles. The Morgan fingerprint density at radius 1 is 1.36 bits per heavy atom. The van der Waals surface area contributed by atoms with Gasteiger partial charge in [0.2, 0.25) is 11.8 Å². The number of amides is 2. The van der Waals surface area contributed by atoms with Gasteiger partial charge < -0.3 is 24.8 Å². The molecule has 25 heavy (non-hydrogen) atoms. The minimum absolute atomic E-state index is 0.100. The summed E-state index contributed by atoms with van der Waals surface area (Å²) in [6.45, 7) is 0.324. The van der Waals surface area contributed by atoms with E-state index in [0.29, 0.717) is 23.6 Å². The third-order valence-electron chi connectivity index (χ3n) is 4.22. The lowest BCUT2D eigenvalue weighted by Crippen LogP contribution is -2.36. The molecule has 1 aliphatic heterocycles. The number of methoxy groups -OCH3 is 2. The van der Waals surface area contributed by atoms with Crippen LogP contribution in [0.1, 0.15) is 24.4 Å². The van der Waals surface area contributed by atoms with Crippen molar-refractivity contribution in [1.29, 1.82) is 0 Å². The second-order valence-electron chi connectivity index (χ2n) is 5.94. The highest BCUT2D eigenvalue weighted by Crippen LogP contribution is 2.31. The summed E-state index contributed by atoms with van der Waals surface area (Å²) in [5.74, 6) is -1.01. The van der Waals surface area contributed by atoms with Gasteiger partial charge in [-0.05, 0) is 12.1 Å². The lowest BCUT2D eigenvalue weighted by atomic mass is 10.00. The molecule has 0 saturated carbocycles. The van der Waals surface area contributed by atoms with Crippen LogP contribution in [0.3, 0.4) is 0 Å². The predicted molar refractivity (Wildman–Crippen MR) is 88.4 cm³/mol. The van der Waals surface area contributed by atoms with Crippen molar-refractivity contribution in [2.45, 2.75) is 18.9 Å². The lowest BCUT2D eigenvalue weighted by Gasteiger charge is -2.22. The van der Waals surface area contributed by atoms with Crippen molar-refractivity contribution in [3.05, 3.63) is 23.8 Å². The second-order valence-corrected chi connectivity index (χ2v) is 5.94. The molecule has 2 amide bonds. The molecule has 1 aromatic rings. The normalized spacial score (nSPS) is 18.0. The molecule has 2 rings (SSSR count). The number of likely N-dealkylation sites (tertiary alicyclic amines) is 1. The first-order valence-electron chi connectivity index (χ1n) is 7.83. The van der Waals surface area contributed by atoms with Crippen molar-refractivity contribution in [3.63, 3.8) is 0 Å². The van der Waals surface area contributed by atoms with E-state index in [1.54, 1.807) is 25.2 Å². The van der Waals surface area contributed by atoms with Crippen LogP contribution in [0.4, 0.5) is 0 Å². The summed E-state index contributed by atoms with van der Waals surface area (Å²) in [7, 11) is 4.61. The molecule has 0 aliphatic carbocycles. The summed E-state index contributed by atoms with van der Waals surface area (Å²) in [4.78, 5) is 36.8. The zero-order chi connectivity index (χ0) is 18.6. The number of rotatable bonds is 7. The lowest BCUT2D eigenvalue weighted by molar-refractivity contribution is -0.138. The molecule has 2 atom stereocenters. The van der Waals surface area contributed by atoms with Crippen LogP contribution in [-0.4, -0.2) is 55.6 Å². The van der Waals surface area contributed by atoms with Crippen molar-refractivity contribution in [2.24, 2.45) is 5.92 Å². The zero-order valence-corrected chi connectivity index (χ0v) is 14.4. The third-order valence-corrected chi connectivity index (χ3v) is 4.22. The van der Waals surface area contributed by atoms with E-state index in [4.69, 9.17) is 9.47 Å². The van der Waals surface area contributed by atoms with Crippen molar-refractivity contribution >= 4 is 17.8 Å². The van der Waals surface area contributed by atoms with Crippen LogP contribution in [0.25, 0.3) is 0 Å². The van der Waals surface area contributed by atoms with Gasteiger partial charge in [-0.2, -0.15) is 0 Å². The molecular weight excluding hydrogens is 328 g/mol. The minimum atomic E-state index is -1.05. The summed E-state index contributed by atoms with van der Waals surface area (Å²) >= 11 is 0. The van der Waals surface area contributed by atoms with Gasteiger partial charge in [0.15, 0.2) is 0 Å². The van der Waals surface area contributed by atoms with E-state index in [9.17, 15) is 19.5 Å². The number of carboxylic acids is 1. The fourth-order valence-corrected chi connectivity index (χ4v) is 2.85. The van der Waals surface area contributed by atoms with Crippen molar-refractivity contribution in [3.8, 4) is 11.5 Å². The first-order valence-corrected chi connectivity index (χ1v) is 7.83. The highest BCUT2D eigenvalue weighted by Gasteiger charge is 2.34. The summed E-state index contributed by atoms with van der Waals surface area (Å²) in [6, 6.07) is 4.19. The van der Waals surface area contributed by atoms with E-state index in [0.717, 1.165) is 0 Å². The highest BCUT2D eigenvalue weighted by molar-refractivity contribution is 5.89. The van der Waals surface area contributed by atoms with Crippen LogP contribution in [0.5, 0.6) is 11.5 Å². The fourth-order valence-electron chi connectivity index (χ4n) is 2.85. The number of ether oxygens (including phenoxy) is 2. The van der Waals surface area contributed by atoms with E-state index in [2.05, 4.69) is 5.32 Å². The maximum Gasteiger partial charge on any atom is 0.305 e. The molecule has 0 radical (unpaired) electrons. The highest BCUT2D eigenvalue weighted by atomic mass is 16.5. The molecular formula is C17H22N2O6. The van der Waals surface area contributed by atoms with Crippen LogP contribution in [-0.2, 0) is 14.4 Å². The second kappa shape index (κ2) is 7.87. The third kappa shape index (κ3) is 4.40. The Balaban J connectivity index is 2.23. The molecule has 0 spiro atoms. The maximum atomic E-state index is 12.5. The van der Waals surface area contributed by atoms with Crippen molar-refractivity contribution in [2.75, 3.05) is 27.8 Å². The van der Waals surface area contributed by atoms with Crippen LogP contribution in [0.15, 0.2) is 18.2 Å². The zero-order valence-electron chi connectivity index (χ0n) is 14.4. The van der Waals surface area contributed by atoms with Gasteiger partial charge in [-0.25, -0.2) is 0 Å². The van der Waals surface area contributed by atoms with E-state index in [1.807, 2.05) is 0 Å². The molecule has 8 heteroatoms. The molecule has 8 nitrogen and oxygen atoms in total. The number of benzene rings is 1. The Hall–Kier alpha value is -2.77. The Kier molecular flexibility index (Phi) is 5.84. The van der Waals surface area contributed by atoms with Crippen LogP contribution in [0, 0.1) is 5.92 Å². The quantitative estimate of drug-likeness (QED) is 0.754. The Bertz CT molecular complexity index is 675. The largest absolute Gasteiger partial charge is 0.497 e. The van der Waals surface area contributed by atoms with Gasteiger partial charge in [0.25, 0.3) is 0 Å². The summed E-state index contributed by atoms with van der Waals surface area (Å²) < 4.78 is 10.4. The standard InChI is InChI=1S/C17H22N2O6/c1-19-9-10(6-15(19)20)17(23)18-13(8-16(21)22)12-5-4-11(24-2)7-14(12)25-3/h4-5,7,10,13H,6,8-9H2,1-3H3,(H,18,23)(H,21,22). The molecule has 136 valence electrons. The van der Waals surface area contributed by atoms with Gasteiger partial charge in [0.05, 0.1) is 32.6 Å². The van der Waals surface area contributed by atoms with Gasteiger partial charge in [-0.15, -0.1) is 0 Å². The summed E-state index contributed by atoms with van der Waals surface area (Å²) in [5.41, 5.74) is 0.539. The van der Waals surface area contributed by atoms with E-state index in [-0.39, 0.29) is 24.7 Å². The average Bonchev–Trinajstić information content (AvgIpc) is 2.92. The van der Waals surface area contributed by atoms with E-state index >= 15 is 0 Å². The first-order chi connectivity index (χ1) is 11.8. The smallest absolute Gasteiger partial charge is 0.305 e. The molecule has 2 unspecified atom stereocenters. The fraction of sp³-hybridized carbons (Fsp3) is 0.471. The first kappa shape index (κ1) is 18.6. The monoisotopic (exact) mass is 350 g/mol. The molecule has 1 fully saturated rings. The summed E-state index contributed by atoms with van der Waals surface area (Å²) in [6.07, 6.45) is -0.174. The number of carbonyl (C=O) groups excluding carboxylic acids is 2. The molecule has 2 N–H and O–H groups in total. The molecule has 1 aromatic carbocycles. The molecule has 1 aliphatic rings. The van der Waals surface area contributed by atoms with E-state index < -0.39 is 17.9 Å². The van der Waals surface area contributed by atoms with Gasteiger partial charge in [0, 0.05) is 31.6 Å². The minimum Gasteiger partial charge on any atom is -0.497 e. The number of hydrogen-bond donors (Lipinski definition) is 2. The van der Waals surface area contributed by atoms with Gasteiger partial charge >= 0.3 is 5.97 Å².